The van der Waals surface area contributed by atoms with Crippen LogP contribution in [0.25, 0.3) is 0 Å². The van der Waals surface area contributed by atoms with Gasteiger partial charge in [0.05, 0.1) is 4.47 Å². The molecule has 20 heavy (non-hydrogen) atoms. The zero-order valence-corrected chi connectivity index (χ0v) is 12.1. The summed E-state index contributed by atoms with van der Waals surface area (Å²) >= 11 is 9.07. The lowest BCUT2D eigenvalue weighted by atomic mass is 10.3. The first-order chi connectivity index (χ1) is 9.69. The van der Waals surface area contributed by atoms with Crippen LogP contribution in [0.15, 0.2) is 4.47 Å². The lowest BCUT2D eigenvalue weighted by Crippen LogP contribution is -1.95. The highest BCUT2D eigenvalue weighted by molar-refractivity contribution is 9.10. The Bertz CT molecular complexity index is 799. The molecule has 0 atom stereocenters. The third kappa shape index (κ3) is 4.83. The fourth-order valence-electron chi connectivity index (χ4n) is 0.901. The van der Waals surface area contributed by atoms with E-state index in [1.807, 2.05) is 0 Å². The van der Waals surface area contributed by atoms with Crippen molar-refractivity contribution in [2.24, 2.45) is 0 Å². The van der Waals surface area contributed by atoms with E-state index in [0.717, 1.165) is 0 Å². The van der Waals surface area contributed by atoms with Crippen LogP contribution in [-0.2, 0) is 0 Å². The summed E-state index contributed by atoms with van der Waals surface area (Å²) in [6, 6.07) is 0. The van der Waals surface area contributed by atoms with E-state index in [2.05, 4.69) is 85.1 Å². The minimum atomic E-state index is 0.0108. The molecule has 0 fully saturated rings. The molecule has 0 spiro atoms. The fraction of sp³-hybridized carbons (Fsp3) is 0. The standard InChI is InChI=1S/C16H2BrClN2/c1-3-5-7-9-11-13-15(17)14(20-16(18)19-13)12-10-8-6-4-2/h1-2H. The van der Waals surface area contributed by atoms with Gasteiger partial charge in [-0.15, -0.1) is 12.8 Å². The van der Waals surface area contributed by atoms with Crippen LogP contribution < -0.4 is 0 Å². The van der Waals surface area contributed by atoms with Crippen LogP contribution in [-0.4, -0.2) is 9.97 Å². The molecule has 1 heterocycles. The van der Waals surface area contributed by atoms with Gasteiger partial charge in [-0.2, -0.15) is 0 Å². The average molecular weight is 338 g/mol. The second-order valence-corrected chi connectivity index (χ2v) is 3.92. The highest BCUT2D eigenvalue weighted by atomic mass is 79.9. The first-order valence-electron chi connectivity index (χ1n) is 4.85. The van der Waals surface area contributed by atoms with Crippen LogP contribution in [0, 0.1) is 72.1 Å². The smallest absolute Gasteiger partial charge is 0.208 e. The van der Waals surface area contributed by atoms with E-state index in [-0.39, 0.29) is 5.28 Å². The summed E-state index contributed by atoms with van der Waals surface area (Å²) in [4.78, 5) is 7.91. The summed E-state index contributed by atoms with van der Waals surface area (Å²) in [6.45, 7) is 0. The van der Waals surface area contributed by atoms with Crippen molar-refractivity contribution in [3.63, 3.8) is 0 Å². The number of terminal acetylenes is 2. The molecule has 1 aromatic rings. The highest BCUT2D eigenvalue weighted by Gasteiger charge is 2.07. The van der Waals surface area contributed by atoms with Gasteiger partial charge in [-0.05, 0) is 86.7 Å². The Hall–Kier alpha value is -2.79. The summed E-state index contributed by atoms with van der Waals surface area (Å²) in [7, 11) is 0. The Labute approximate surface area is 130 Å². The van der Waals surface area contributed by atoms with Gasteiger partial charge in [-0.25, -0.2) is 9.97 Å². The predicted octanol–water partition coefficient (Wildman–Crippen LogP) is 1.87. The molecule has 1 aromatic heterocycles. The van der Waals surface area contributed by atoms with Gasteiger partial charge < -0.3 is 0 Å². The largest absolute Gasteiger partial charge is 0.224 e. The van der Waals surface area contributed by atoms with E-state index in [1.165, 1.54) is 0 Å². The molecule has 0 N–H and O–H groups in total. The van der Waals surface area contributed by atoms with Gasteiger partial charge in [0.15, 0.2) is 0 Å². The van der Waals surface area contributed by atoms with Crippen molar-refractivity contribution in [3.05, 3.63) is 21.1 Å². The molecule has 0 saturated carbocycles. The van der Waals surface area contributed by atoms with Gasteiger partial charge in [0, 0.05) is 0 Å². The quantitative estimate of drug-likeness (QED) is 0.533. The molecule has 0 saturated heterocycles. The molecular weight excluding hydrogens is 336 g/mol. The van der Waals surface area contributed by atoms with Crippen molar-refractivity contribution >= 4 is 27.5 Å². The van der Waals surface area contributed by atoms with E-state index >= 15 is 0 Å². The van der Waals surface area contributed by atoms with Crippen LogP contribution >= 0.6 is 27.5 Å². The van der Waals surface area contributed by atoms with Gasteiger partial charge in [-0.3, -0.25) is 0 Å². The molecule has 1 rings (SSSR count). The number of hydrogen-bond acceptors (Lipinski definition) is 2. The number of halogens is 2. The fourth-order valence-corrected chi connectivity index (χ4v) is 1.45. The topological polar surface area (TPSA) is 25.8 Å². The molecule has 0 aliphatic heterocycles. The molecule has 0 unspecified atom stereocenters. The molecule has 90 valence electrons. The number of rotatable bonds is 0. The second-order valence-electron chi connectivity index (χ2n) is 2.79. The summed E-state index contributed by atoms with van der Waals surface area (Å²) in [5.74, 6) is 24.4. The highest BCUT2D eigenvalue weighted by Crippen LogP contribution is 2.19. The molecule has 0 radical (unpaired) electrons. The van der Waals surface area contributed by atoms with Crippen LogP contribution in [0.3, 0.4) is 0 Å². The average Bonchev–Trinajstić information content (AvgIpc) is 2.44. The normalized spacial score (nSPS) is 6.80. The molecule has 0 aromatic carbocycles. The summed E-state index contributed by atoms with van der Waals surface area (Å²) < 4.78 is 0.493. The maximum atomic E-state index is 5.79. The first-order valence-corrected chi connectivity index (χ1v) is 6.02. The monoisotopic (exact) mass is 336 g/mol. The van der Waals surface area contributed by atoms with Gasteiger partial charge in [-0.1, -0.05) is 0 Å². The van der Waals surface area contributed by atoms with E-state index in [1.54, 1.807) is 0 Å². The zero-order chi connectivity index (χ0) is 14.8. The van der Waals surface area contributed by atoms with E-state index in [9.17, 15) is 0 Å². The molecule has 0 aliphatic rings. The Morgan fingerprint density at radius 3 is 1.65 bits per heavy atom. The molecular formula is C16H2BrClN2. The molecule has 0 amide bonds. The number of hydrogen-bond donors (Lipinski definition) is 0. The maximum absolute atomic E-state index is 5.79. The van der Waals surface area contributed by atoms with Crippen LogP contribution in [0.1, 0.15) is 11.4 Å². The molecule has 4 heteroatoms. The van der Waals surface area contributed by atoms with Gasteiger partial charge in [0.2, 0.25) is 5.28 Å². The first kappa shape index (κ1) is 15.3. The van der Waals surface area contributed by atoms with Crippen molar-refractivity contribution in [3.8, 4) is 72.1 Å². The van der Waals surface area contributed by atoms with Crippen LogP contribution in [0.4, 0.5) is 0 Å². The zero-order valence-electron chi connectivity index (χ0n) is 9.81. The van der Waals surface area contributed by atoms with Crippen molar-refractivity contribution in [2.45, 2.75) is 0 Å². The van der Waals surface area contributed by atoms with Crippen LogP contribution in [0.5, 0.6) is 0 Å². The van der Waals surface area contributed by atoms with Crippen molar-refractivity contribution in [1.82, 2.24) is 9.97 Å². The third-order valence-electron chi connectivity index (χ3n) is 1.58. The number of aromatic nitrogens is 2. The molecule has 0 aliphatic carbocycles. The molecule has 0 bridgehead atoms. The summed E-state index contributed by atoms with van der Waals surface area (Å²) in [6.07, 6.45) is 9.95. The van der Waals surface area contributed by atoms with Gasteiger partial charge in [0.25, 0.3) is 0 Å². The second kappa shape index (κ2) is 8.34. The third-order valence-corrected chi connectivity index (χ3v) is 2.50. The Kier molecular flexibility index (Phi) is 6.36. The van der Waals surface area contributed by atoms with E-state index in [0.29, 0.717) is 15.9 Å². The SMILES string of the molecule is C#CC#CC#Cc1nc(Cl)nc(C#CC#CC#C)c1Br. The van der Waals surface area contributed by atoms with E-state index < -0.39 is 0 Å². The summed E-state index contributed by atoms with van der Waals surface area (Å²) in [5, 5.41) is 0.0108. The van der Waals surface area contributed by atoms with Crippen molar-refractivity contribution in [2.75, 3.05) is 0 Å². The van der Waals surface area contributed by atoms with Crippen LogP contribution in [0.2, 0.25) is 5.28 Å². The maximum Gasteiger partial charge on any atom is 0.224 e. The predicted molar refractivity (Wildman–Crippen MR) is 81.7 cm³/mol. The lowest BCUT2D eigenvalue weighted by Gasteiger charge is -1.98. The Balaban J connectivity index is 3.25. The minimum absolute atomic E-state index is 0.0108. The van der Waals surface area contributed by atoms with Crippen molar-refractivity contribution in [1.29, 1.82) is 0 Å². The van der Waals surface area contributed by atoms with Gasteiger partial charge in [0.1, 0.15) is 11.4 Å². The van der Waals surface area contributed by atoms with Gasteiger partial charge >= 0.3 is 0 Å². The Morgan fingerprint density at radius 2 is 1.25 bits per heavy atom. The number of nitrogens with zero attached hydrogens (tertiary/aromatic N) is 2. The summed E-state index contributed by atoms with van der Waals surface area (Å²) in [5.41, 5.74) is 0.705. The van der Waals surface area contributed by atoms with E-state index in [4.69, 9.17) is 24.4 Å². The lowest BCUT2D eigenvalue weighted by molar-refractivity contribution is 1.11. The molecule has 2 nitrogen and oxygen atoms in total. The van der Waals surface area contributed by atoms with Crippen molar-refractivity contribution < 1.29 is 0 Å². The Morgan fingerprint density at radius 1 is 0.800 bits per heavy atom. The minimum Gasteiger partial charge on any atom is -0.208 e.